The Morgan fingerprint density at radius 1 is 1.32 bits per heavy atom. The van der Waals surface area contributed by atoms with Gasteiger partial charge in [-0.3, -0.25) is 0 Å². The SMILES string of the molecule is CC(C)(C)OC(=O)N1CCCCCC1CS(=O)(=O)F. The van der Waals surface area contributed by atoms with Crippen LogP contribution in [-0.4, -0.2) is 43.4 Å². The van der Waals surface area contributed by atoms with Gasteiger partial charge in [0.2, 0.25) is 0 Å². The molecule has 0 spiro atoms. The summed E-state index contributed by atoms with van der Waals surface area (Å²) in [5, 5.41) is 0. The van der Waals surface area contributed by atoms with Crippen LogP contribution in [0.2, 0.25) is 0 Å². The summed E-state index contributed by atoms with van der Waals surface area (Å²) in [5.74, 6) is -0.647. The predicted octanol–water partition coefficient (Wildman–Crippen LogP) is 2.47. The number of nitrogens with zero attached hydrogens (tertiary/aromatic N) is 1. The number of likely N-dealkylation sites (tertiary alicyclic amines) is 1. The molecule has 112 valence electrons. The molecular formula is C12H22FNO4S. The molecule has 1 aliphatic rings. The van der Waals surface area contributed by atoms with Gasteiger partial charge in [0.05, 0.1) is 6.04 Å². The van der Waals surface area contributed by atoms with Crippen molar-refractivity contribution in [2.24, 2.45) is 0 Å². The second kappa shape index (κ2) is 6.07. The van der Waals surface area contributed by atoms with Crippen LogP contribution in [0.4, 0.5) is 8.68 Å². The van der Waals surface area contributed by atoms with Gasteiger partial charge in [-0.05, 0) is 33.6 Å². The molecule has 1 saturated heterocycles. The maximum Gasteiger partial charge on any atom is 0.410 e. The summed E-state index contributed by atoms with van der Waals surface area (Å²) in [5.41, 5.74) is -0.650. The van der Waals surface area contributed by atoms with E-state index in [2.05, 4.69) is 0 Å². The van der Waals surface area contributed by atoms with Crippen LogP contribution in [0.5, 0.6) is 0 Å². The highest BCUT2D eigenvalue weighted by atomic mass is 32.3. The van der Waals surface area contributed by atoms with Crippen molar-refractivity contribution in [2.75, 3.05) is 12.3 Å². The molecule has 0 saturated carbocycles. The van der Waals surface area contributed by atoms with E-state index < -0.39 is 33.7 Å². The first kappa shape index (κ1) is 16.2. The summed E-state index contributed by atoms with van der Waals surface area (Å²) in [6.45, 7) is 5.63. The standard InChI is InChI=1S/C12H22FNO4S/c1-12(2,3)18-11(15)14-8-6-4-5-7-10(14)9-19(13,16)17/h10H,4-9H2,1-3H3. The minimum absolute atomic E-state index is 0.412. The van der Waals surface area contributed by atoms with E-state index in [4.69, 9.17) is 4.74 Å². The number of carbonyl (C=O) groups excluding carboxylic acids is 1. The van der Waals surface area contributed by atoms with Crippen LogP contribution in [-0.2, 0) is 15.0 Å². The molecule has 0 radical (unpaired) electrons. The third-order valence-electron chi connectivity index (χ3n) is 2.90. The van der Waals surface area contributed by atoms with E-state index in [9.17, 15) is 17.1 Å². The highest BCUT2D eigenvalue weighted by molar-refractivity contribution is 7.86. The highest BCUT2D eigenvalue weighted by Crippen LogP contribution is 2.21. The Labute approximate surface area is 114 Å². The van der Waals surface area contributed by atoms with Crippen LogP contribution < -0.4 is 0 Å². The number of amides is 1. The zero-order chi connectivity index (χ0) is 14.7. The van der Waals surface area contributed by atoms with E-state index >= 15 is 0 Å². The normalized spacial score (nSPS) is 21.9. The fourth-order valence-corrected chi connectivity index (χ4v) is 2.95. The average molecular weight is 295 g/mol. The molecule has 0 aromatic rings. The van der Waals surface area contributed by atoms with Gasteiger partial charge in [-0.2, -0.15) is 8.42 Å². The van der Waals surface area contributed by atoms with Crippen molar-refractivity contribution in [1.82, 2.24) is 4.90 Å². The molecule has 1 fully saturated rings. The van der Waals surface area contributed by atoms with E-state index in [1.165, 1.54) is 4.90 Å². The number of rotatable bonds is 2. The van der Waals surface area contributed by atoms with Crippen molar-refractivity contribution < 1.29 is 21.8 Å². The molecule has 1 heterocycles. The highest BCUT2D eigenvalue weighted by Gasteiger charge is 2.32. The Kier molecular flexibility index (Phi) is 5.18. The maximum atomic E-state index is 12.9. The summed E-state index contributed by atoms with van der Waals surface area (Å²) >= 11 is 0. The molecule has 0 aliphatic carbocycles. The summed E-state index contributed by atoms with van der Waals surface area (Å²) in [7, 11) is -4.60. The molecule has 5 nitrogen and oxygen atoms in total. The van der Waals surface area contributed by atoms with Gasteiger partial charge in [0.1, 0.15) is 11.4 Å². The molecular weight excluding hydrogens is 273 g/mol. The zero-order valence-corrected chi connectivity index (χ0v) is 12.5. The predicted molar refractivity (Wildman–Crippen MR) is 70.1 cm³/mol. The fourth-order valence-electron chi connectivity index (χ4n) is 2.14. The quantitative estimate of drug-likeness (QED) is 0.734. The number of hydrogen-bond donors (Lipinski definition) is 0. The minimum Gasteiger partial charge on any atom is -0.444 e. The first-order valence-electron chi connectivity index (χ1n) is 6.50. The lowest BCUT2D eigenvalue weighted by Gasteiger charge is -2.31. The molecule has 0 aromatic heterocycles. The Balaban J connectivity index is 2.81. The van der Waals surface area contributed by atoms with Gasteiger partial charge in [-0.1, -0.05) is 12.8 Å². The second-order valence-electron chi connectivity index (χ2n) is 5.88. The number of ether oxygens (including phenoxy) is 1. The Morgan fingerprint density at radius 3 is 2.47 bits per heavy atom. The largest absolute Gasteiger partial charge is 0.444 e. The van der Waals surface area contributed by atoms with Crippen molar-refractivity contribution in [3.8, 4) is 0 Å². The van der Waals surface area contributed by atoms with Crippen molar-refractivity contribution in [3.63, 3.8) is 0 Å². The van der Waals surface area contributed by atoms with Crippen LogP contribution in [0, 0.1) is 0 Å². The summed E-state index contributed by atoms with van der Waals surface area (Å²) in [6, 6.07) is -0.632. The number of hydrogen-bond acceptors (Lipinski definition) is 4. The van der Waals surface area contributed by atoms with Crippen LogP contribution in [0.25, 0.3) is 0 Å². The molecule has 1 atom stereocenters. The van der Waals surface area contributed by atoms with E-state index in [1.54, 1.807) is 20.8 Å². The van der Waals surface area contributed by atoms with Crippen molar-refractivity contribution in [1.29, 1.82) is 0 Å². The average Bonchev–Trinajstić information content (AvgIpc) is 2.37. The van der Waals surface area contributed by atoms with E-state index in [0.717, 1.165) is 19.3 Å². The Hall–Kier alpha value is -0.850. The second-order valence-corrected chi connectivity index (χ2v) is 7.29. The third kappa shape index (κ3) is 6.22. The van der Waals surface area contributed by atoms with Gasteiger partial charge in [0.15, 0.2) is 0 Å². The summed E-state index contributed by atoms with van der Waals surface area (Å²) in [6.07, 6.45) is 2.40. The lowest BCUT2D eigenvalue weighted by Crippen LogP contribution is -2.45. The van der Waals surface area contributed by atoms with Gasteiger partial charge in [0.25, 0.3) is 0 Å². The van der Waals surface area contributed by atoms with Gasteiger partial charge in [-0.25, -0.2) is 4.79 Å². The minimum atomic E-state index is -4.60. The fraction of sp³-hybridized carbons (Fsp3) is 0.917. The van der Waals surface area contributed by atoms with E-state index in [-0.39, 0.29) is 0 Å². The van der Waals surface area contributed by atoms with Crippen LogP contribution in [0.1, 0.15) is 46.5 Å². The first-order valence-corrected chi connectivity index (χ1v) is 8.06. The Morgan fingerprint density at radius 2 is 1.95 bits per heavy atom. The number of halogens is 1. The molecule has 1 unspecified atom stereocenters. The van der Waals surface area contributed by atoms with Crippen LogP contribution in [0.15, 0.2) is 0 Å². The lowest BCUT2D eigenvalue weighted by atomic mass is 10.1. The monoisotopic (exact) mass is 295 g/mol. The summed E-state index contributed by atoms with van der Waals surface area (Å²) in [4.78, 5) is 13.4. The smallest absolute Gasteiger partial charge is 0.410 e. The van der Waals surface area contributed by atoms with E-state index in [0.29, 0.717) is 13.0 Å². The van der Waals surface area contributed by atoms with E-state index in [1.807, 2.05) is 0 Å². The van der Waals surface area contributed by atoms with Crippen molar-refractivity contribution in [2.45, 2.75) is 58.1 Å². The molecule has 19 heavy (non-hydrogen) atoms. The molecule has 1 rings (SSSR count). The summed E-state index contributed by atoms with van der Waals surface area (Å²) < 4.78 is 39.8. The molecule has 0 aromatic carbocycles. The van der Waals surface area contributed by atoms with Gasteiger partial charge < -0.3 is 9.64 Å². The molecule has 7 heteroatoms. The Bertz CT molecular complexity index is 416. The van der Waals surface area contributed by atoms with Crippen molar-refractivity contribution in [3.05, 3.63) is 0 Å². The topological polar surface area (TPSA) is 63.7 Å². The molecule has 1 aliphatic heterocycles. The molecule has 1 amide bonds. The zero-order valence-electron chi connectivity index (χ0n) is 11.7. The van der Waals surface area contributed by atoms with Crippen molar-refractivity contribution >= 4 is 16.3 Å². The van der Waals surface area contributed by atoms with Crippen LogP contribution in [0.3, 0.4) is 0 Å². The number of carbonyl (C=O) groups is 1. The third-order valence-corrected chi connectivity index (χ3v) is 3.68. The van der Waals surface area contributed by atoms with Gasteiger partial charge in [-0.15, -0.1) is 3.89 Å². The molecule has 0 N–H and O–H groups in total. The molecule has 0 bridgehead atoms. The lowest BCUT2D eigenvalue weighted by molar-refractivity contribution is 0.0185. The first-order chi connectivity index (χ1) is 8.58. The maximum absolute atomic E-state index is 12.9. The van der Waals surface area contributed by atoms with Gasteiger partial charge >= 0.3 is 16.3 Å². The van der Waals surface area contributed by atoms with Crippen LogP contribution >= 0.6 is 0 Å². The van der Waals surface area contributed by atoms with Gasteiger partial charge in [0, 0.05) is 6.54 Å².